The summed E-state index contributed by atoms with van der Waals surface area (Å²) in [5.41, 5.74) is 4.70. The van der Waals surface area contributed by atoms with Crippen molar-refractivity contribution in [3.63, 3.8) is 0 Å². The number of carbonyl (C=O) groups excluding carboxylic acids is 1. The first-order chi connectivity index (χ1) is 14.1. The predicted molar refractivity (Wildman–Crippen MR) is 113 cm³/mol. The molecule has 2 aromatic carbocycles. The van der Waals surface area contributed by atoms with E-state index < -0.39 is 11.6 Å². The quantitative estimate of drug-likeness (QED) is 0.771. The van der Waals surface area contributed by atoms with Gasteiger partial charge in [0, 0.05) is 5.92 Å². The fourth-order valence-corrected chi connectivity index (χ4v) is 6.13. The third kappa shape index (κ3) is 3.24. The van der Waals surface area contributed by atoms with Gasteiger partial charge in [-0.3, -0.25) is 0 Å². The van der Waals surface area contributed by atoms with Gasteiger partial charge in [0.05, 0.1) is 12.1 Å². The third-order valence-corrected chi connectivity index (χ3v) is 7.35. The lowest BCUT2D eigenvalue weighted by molar-refractivity contribution is -0.0550. The number of ether oxygens (including phenoxy) is 1. The number of benzene rings is 2. The van der Waals surface area contributed by atoms with E-state index in [1.807, 2.05) is 24.3 Å². The number of fused-ring (bicyclic) bond motifs is 3. The van der Waals surface area contributed by atoms with Crippen molar-refractivity contribution in [2.24, 2.45) is 5.41 Å². The summed E-state index contributed by atoms with van der Waals surface area (Å²) in [6.45, 7) is 0.297. The molecule has 2 aromatic rings. The first kappa shape index (κ1) is 18.7. The van der Waals surface area contributed by atoms with Gasteiger partial charge in [-0.15, -0.1) is 0 Å². The van der Waals surface area contributed by atoms with Crippen LogP contribution in [0.1, 0.15) is 62.0 Å². The number of alkyl carbamates (subject to hydrolysis) is 1. The fourth-order valence-electron chi connectivity index (χ4n) is 6.13. The molecule has 0 radical (unpaired) electrons. The molecule has 0 aliphatic heterocycles. The molecule has 1 amide bonds. The van der Waals surface area contributed by atoms with Gasteiger partial charge in [-0.05, 0) is 53.4 Å². The van der Waals surface area contributed by atoms with Crippen LogP contribution in [0.15, 0.2) is 48.5 Å². The molecule has 1 spiro atoms. The molecule has 3 aliphatic rings. The van der Waals surface area contributed by atoms with E-state index in [1.54, 1.807) is 0 Å². The third-order valence-electron chi connectivity index (χ3n) is 7.35. The van der Waals surface area contributed by atoms with Crippen molar-refractivity contribution < 1.29 is 14.6 Å². The lowest BCUT2D eigenvalue weighted by Gasteiger charge is -2.57. The van der Waals surface area contributed by atoms with E-state index in [1.165, 1.54) is 54.4 Å². The number of aliphatic hydroxyl groups excluding tert-OH is 1. The first-order valence-corrected chi connectivity index (χ1v) is 10.9. The standard InChI is InChI=1S/C25H29NO3/c27-17-25(15-24(16-25)12-6-1-7-13-24)26-23(28)29-14-22-20-10-4-2-8-18(20)19-9-3-5-11-21(19)22/h2-5,8-11,22,27H,1,6-7,12-17H2,(H,26,28). The van der Waals surface area contributed by atoms with Gasteiger partial charge in [0.25, 0.3) is 0 Å². The highest BCUT2D eigenvalue weighted by Gasteiger charge is 2.55. The minimum atomic E-state index is -0.500. The van der Waals surface area contributed by atoms with Crippen molar-refractivity contribution in [1.82, 2.24) is 5.32 Å². The van der Waals surface area contributed by atoms with E-state index >= 15 is 0 Å². The molecule has 0 unspecified atom stereocenters. The van der Waals surface area contributed by atoms with E-state index in [4.69, 9.17) is 4.74 Å². The van der Waals surface area contributed by atoms with Gasteiger partial charge in [0.1, 0.15) is 6.61 Å². The molecular weight excluding hydrogens is 362 g/mol. The molecule has 0 bridgehead atoms. The van der Waals surface area contributed by atoms with Crippen LogP contribution >= 0.6 is 0 Å². The maximum atomic E-state index is 12.6. The molecule has 4 nitrogen and oxygen atoms in total. The molecule has 4 heteroatoms. The molecule has 2 N–H and O–H groups in total. The summed E-state index contributed by atoms with van der Waals surface area (Å²) in [6.07, 6.45) is 7.64. The van der Waals surface area contributed by atoms with Gasteiger partial charge < -0.3 is 15.2 Å². The van der Waals surface area contributed by atoms with Crippen molar-refractivity contribution in [2.45, 2.75) is 56.4 Å². The maximum Gasteiger partial charge on any atom is 0.407 e. The van der Waals surface area contributed by atoms with Crippen LogP contribution in [-0.4, -0.2) is 30.0 Å². The van der Waals surface area contributed by atoms with E-state index in [0.717, 1.165) is 12.8 Å². The summed E-state index contributed by atoms with van der Waals surface area (Å²) in [6, 6.07) is 16.7. The molecule has 0 aromatic heterocycles. The normalized spacial score (nSPS) is 21.1. The summed E-state index contributed by atoms with van der Waals surface area (Å²) < 4.78 is 5.69. The fraction of sp³-hybridized carbons (Fsp3) is 0.480. The maximum absolute atomic E-state index is 12.6. The Morgan fingerprint density at radius 2 is 1.55 bits per heavy atom. The minimum absolute atomic E-state index is 0.0149. The zero-order valence-electron chi connectivity index (χ0n) is 16.8. The number of amides is 1. The van der Waals surface area contributed by atoms with Gasteiger partial charge in [-0.1, -0.05) is 67.8 Å². The van der Waals surface area contributed by atoms with Gasteiger partial charge in [0.15, 0.2) is 0 Å². The van der Waals surface area contributed by atoms with E-state index in [2.05, 4.69) is 29.6 Å². The highest BCUT2D eigenvalue weighted by Crippen LogP contribution is 2.56. The molecule has 2 fully saturated rings. The zero-order chi connectivity index (χ0) is 19.9. The summed E-state index contributed by atoms with van der Waals surface area (Å²) in [5.74, 6) is 0.0595. The van der Waals surface area contributed by atoms with E-state index in [0.29, 0.717) is 12.0 Å². The SMILES string of the molecule is O=C(NC1(CO)CC2(CCCCC2)C1)OCC1c2ccccc2-c2ccccc21. The Morgan fingerprint density at radius 1 is 0.966 bits per heavy atom. The Morgan fingerprint density at radius 3 is 2.14 bits per heavy atom. The van der Waals surface area contributed by atoms with Crippen molar-refractivity contribution in [3.05, 3.63) is 59.7 Å². The molecule has 0 heterocycles. The average molecular weight is 392 g/mol. The monoisotopic (exact) mass is 391 g/mol. The van der Waals surface area contributed by atoms with E-state index in [9.17, 15) is 9.90 Å². The van der Waals surface area contributed by atoms with Crippen LogP contribution in [0.5, 0.6) is 0 Å². The van der Waals surface area contributed by atoms with Gasteiger partial charge in [-0.25, -0.2) is 4.79 Å². The summed E-state index contributed by atoms with van der Waals surface area (Å²) in [7, 11) is 0. The molecule has 3 aliphatic carbocycles. The predicted octanol–water partition coefficient (Wildman–Crippen LogP) is 5.00. The highest BCUT2D eigenvalue weighted by molar-refractivity contribution is 5.79. The Kier molecular flexibility index (Phi) is 4.62. The van der Waals surface area contributed by atoms with Crippen LogP contribution in [-0.2, 0) is 4.74 Å². The number of nitrogens with one attached hydrogen (secondary N) is 1. The highest BCUT2D eigenvalue weighted by atomic mass is 16.5. The summed E-state index contributed by atoms with van der Waals surface area (Å²) >= 11 is 0. The summed E-state index contributed by atoms with van der Waals surface area (Å²) in [5, 5.41) is 13.0. The van der Waals surface area contributed by atoms with Gasteiger partial charge in [0.2, 0.25) is 0 Å². The second kappa shape index (κ2) is 7.17. The van der Waals surface area contributed by atoms with Crippen molar-refractivity contribution >= 4 is 6.09 Å². The molecule has 0 atom stereocenters. The Labute approximate surface area is 172 Å². The summed E-state index contributed by atoms with van der Waals surface area (Å²) in [4.78, 5) is 12.6. The van der Waals surface area contributed by atoms with Crippen LogP contribution in [0.4, 0.5) is 4.79 Å². The minimum Gasteiger partial charge on any atom is -0.449 e. The second-order valence-corrected chi connectivity index (χ2v) is 9.30. The van der Waals surface area contributed by atoms with Crippen LogP contribution in [0.2, 0.25) is 0 Å². The molecular formula is C25H29NO3. The second-order valence-electron chi connectivity index (χ2n) is 9.30. The number of carbonyl (C=O) groups is 1. The molecule has 152 valence electrons. The number of aliphatic hydroxyl groups is 1. The Balaban J connectivity index is 1.24. The van der Waals surface area contributed by atoms with Gasteiger partial charge in [-0.2, -0.15) is 0 Å². The number of hydrogen-bond donors (Lipinski definition) is 2. The zero-order valence-corrected chi connectivity index (χ0v) is 16.8. The Hall–Kier alpha value is -2.33. The number of hydrogen-bond acceptors (Lipinski definition) is 3. The smallest absolute Gasteiger partial charge is 0.407 e. The molecule has 29 heavy (non-hydrogen) atoms. The largest absolute Gasteiger partial charge is 0.449 e. The van der Waals surface area contributed by atoms with E-state index in [-0.39, 0.29) is 12.5 Å². The number of rotatable bonds is 4. The lowest BCUT2D eigenvalue weighted by atomic mass is 9.52. The van der Waals surface area contributed by atoms with Crippen LogP contribution in [0, 0.1) is 5.41 Å². The molecule has 5 rings (SSSR count). The molecule has 0 saturated heterocycles. The van der Waals surface area contributed by atoms with Crippen molar-refractivity contribution in [2.75, 3.05) is 13.2 Å². The first-order valence-electron chi connectivity index (χ1n) is 10.9. The topological polar surface area (TPSA) is 58.6 Å². The van der Waals surface area contributed by atoms with Crippen LogP contribution < -0.4 is 5.32 Å². The van der Waals surface area contributed by atoms with Crippen LogP contribution in [0.3, 0.4) is 0 Å². The van der Waals surface area contributed by atoms with Gasteiger partial charge >= 0.3 is 6.09 Å². The Bertz CT molecular complexity index is 862. The van der Waals surface area contributed by atoms with Crippen molar-refractivity contribution in [3.8, 4) is 11.1 Å². The van der Waals surface area contributed by atoms with Crippen LogP contribution in [0.25, 0.3) is 11.1 Å². The molecule has 2 saturated carbocycles. The van der Waals surface area contributed by atoms with Crippen molar-refractivity contribution in [1.29, 1.82) is 0 Å². The lowest BCUT2D eigenvalue weighted by Crippen LogP contribution is -2.64. The average Bonchev–Trinajstić information content (AvgIpc) is 3.05.